The van der Waals surface area contributed by atoms with Gasteiger partial charge in [-0.15, -0.1) is 0 Å². The van der Waals surface area contributed by atoms with E-state index < -0.39 is 0 Å². The van der Waals surface area contributed by atoms with Crippen LogP contribution in [0.2, 0.25) is 0 Å². The largest absolute Gasteiger partial charge is 0.488 e. The molecule has 0 saturated carbocycles. The number of likely N-dealkylation sites (tertiary alicyclic amines) is 1. The standard InChI is InChI=1S/C21H24N2O3/c22-21(24)19-8-4-5-11-23(19)14-18-13-15-12-17(9-10-20(15)26-18)25-16-6-2-1-3-7-16/h1-3,6-7,9-10,12,18-19H,4-5,8,11,13-14H2,(H2,22,24). The second-order valence-corrected chi connectivity index (χ2v) is 7.04. The monoisotopic (exact) mass is 352 g/mol. The third kappa shape index (κ3) is 3.68. The number of fused-ring (bicyclic) bond motifs is 1. The van der Waals surface area contributed by atoms with Crippen molar-refractivity contribution in [3.05, 3.63) is 54.1 Å². The summed E-state index contributed by atoms with van der Waals surface area (Å²) in [6, 6.07) is 15.5. The molecule has 5 nitrogen and oxygen atoms in total. The van der Waals surface area contributed by atoms with E-state index >= 15 is 0 Å². The van der Waals surface area contributed by atoms with Gasteiger partial charge in [0.1, 0.15) is 23.4 Å². The third-order valence-electron chi connectivity index (χ3n) is 5.13. The van der Waals surface area contributed by atoms with Gasteiger partial charge in [-0.05, 0) is 49.7 Å². The van der Waals surface area contributed by atoms with Crippen molar-refractivity contribution < 1.29 is 14.3 Å². The van der Waals surface area contributed by atoms with Crippen LogP contribution in [0.4, 0.5) is 0 Å². The Balaban J connectivity index is 1.41. The van der Waals surface area contributed by atoms with Crippen molar-refractivity contribution in [1.29, 1.82) is 0 Å². The fraction of sp³-hybridized carbons (Fsp3) is 0.381. The van der Waals surface area contributed by atoms with Gasteiger partial charge < -0.3 is 15.2 Å². The van der Waals surface area contributed by atoms with Gasteiger partial charge in [-0.25, -0.2) is 0 Å². The fourth-order valence-electron chi connectivity index (χ4n) is 3.88. The number of nitrogens with zero attached hydrogens (tertiary/aromatic N) is 1. The lowest BCUT2D eigenvalue weighted by Crippen LogP contribution is -2.50. The number of carbonyl (C=O) groups is 1. The van der Waals surface area contributed by atoms with Gasteiger partial charge in [0.25, 0.3) is 0 Å². The van der Waals surface area contributed by atoms with Crippen molar-refractivity contribution in [2.24, 2.45) is 5.73 Å². The van der Waals surface area contributed by atoms with Crippen molar-refractivity contribution in [1.82, 2.24) is 4.90 Å². The molecular weight excluding hydrogens is 328 g/mol. The zero-order valence-corrected chi connectivity index (χ0v) is 14.8. The Morgan fingerprint density at radius 1 is 1.15 bits per heavy atom. The molecule has 136 valence electrons. The number of rotatable bonds is 5. The molecule has 2 aliphatic rings. The van der Waals surface area contributed by atoms with Gasteiger partial charge in [0, 0.05) is 18.5 Å². The maximum Gasteiger partial charge on any atom is 0.234 e. The Kier molecular flexibility index (Phi) is 4.80. The van der Waals surface area contributed by atoms with Crippen molar-refractivity contribution in [2.45, 2.75) is 37.8 Å². The average Bonchev–Trinajstić information content (AvgIpc) is 3.04. The predicted octanol–water partition coefficient (Wildman–Crippen LogP) is 3.12. The van der Waals surface area contributed by atoms with Crippen molar-refractivity contribution >= 4 is 5.91 Å². The van der Waals surface area contributed by atoms with Gasteiger partial charge >= 0.3 is 0 Å². The number of benzene rings is 2. The van der Waals surface area contributed by atoms with Gasteiger partial charge in [-0.2, -0.15) is 0 Å². The first kappa shape index (κ1) is 16.9. The molecule has 26 heavy (non-hydrogen) atoms. The van der Waals surface area contributed by atoms with E-state index in [9.17, 15) is 4.79 Å². The van der Waals surface area contributed by atoms with Crippen LogP contribution in [0.3, 0.4) is 0 Å². The molecule has 2 aromatic carbocycles. The summed E-state index contributed by atoms with van der Waals surface area (Å²) in [7, 11) is 0. The van der Waals surface area contributed by atoms with Crippen LogP contribution in [-0.2, 0) is 11.2 Å². The number of amides is 1. The Labute approximate surface area is 153 Å². The summed E-state index contributed by atoms with van der Waals surface area (Å²) < 4.78 is 12.0. The van der Waals surface area contributed by atoms with Crippen LogP contribution in [-0.4, -0.2) is 36.0 Å². The van der Waals surface area contributed by atoms with Crippen LogP contribution >= 0.6 is 0 Å². The quantitative estimate of drug-likeness (QED) is 0.898. The number of ether oxygens (including phenoxy) is 2. The van der Waals surface area contributed by atoms with Gasteiger partial charge in [0.05, 0.1) is 6.04 Å². The minimum Gasteiger partial charge on any atom is -0.488 e. The maximum absolute atomic E-state index is 11.7. The molecule has 2 aromatic rings. The molecule has 0 spiro atoms. The van der Waals surface area contributed by atoms with Crippen molar-refractivity contribution in [3.8, 4) is 17.2 Å². The first-order valence-corrected chi connectivity index (χ1v) is 9.25. The molecule has 0 aliphatic carbocycles. The zero-order chi connectivity index (χ0) is 17.9. The van der Waals surface area contributed by atoms with Gasteiger partial charge in [0.2, 0.25) is 5.91 Å². The lowest BCUT2D eigenvalue weighted by molar-refractivity contribution is -0.124. The maximum atomic E-state index is 11.7. The minimum atomic E-state index is -0.223. The summed E-state index contributed by atoms with van der Waals surface area (Å²) in [6.45, 7) is 1.64. The molecule has 4 rings (SSSR count). The zero-order valence-electron chi connectivity index (χ0n) is 14.8. The summed E-state index contributed by atoms with van der Waals surface area (Å²) in [5.41, 5.74) is 6.72. The Hall–Kier alpha value is -2.53. The fourth-order valence-corrected chi connectivity index (χ4v) is 3.88. The van der Waals surface area contributed by atoms with Crippen LogP contribution in [0.25, 0.3) is 0 Å². The highest BCUT2D eigenvalue weighted by Crippen LogP contribution is 2.34. The highest BCUT2D eigenvalue weighted by molar-refractivity contribution is 5.79. The molecule has 1 amide bonds. The molecule has 2 N–H and O–H groups in total. The first-order valence-electron chi connectivity index (χ1n) is 9.25. The van der Waals surface area contributed by atoms with Crippen LogP contribution < -0.4 is 15.2 Å². The summed E-state index contributed by atoms with van der Waals surface area (Å²) >= 11 is 0. The lowest BCUT2D eigenvalue weighted by Gasteiger charge is -2.34. The second-order valence-electron chi connectivity index (χ2n) is 7.04. The van der Waals surface area contributed by atoms with E-state index in [-0.39, 0.29) is 18.1 Å². The molecule has 2 aliphatic heterocycles. The Morgan fingerprint density at radius 3 is 2.81 bits per heavy atom. The molecule has 0 radical (unpaired) electrons. The SMILES string of the molecule is NC(=O)C1CCCCN1CC1Cc2cc(Oc3ccccc3)ccc2O1. The Bertz CT molecular complexity index is 778. The minimum absolute atomic E-state index is 0.0527. The second kappa shape index (κ2) is 7.38. The normalized spacial score (nSPS) is 22.5. The number of para-hydroxylation sites is 1. The van der Waals surface area contributed by atoms with Gasteiger partial charge in [0.15, 0.2) is 0 Å². The number of primary amides is 1. The molecule has 5 heteroatoms. The molecule has 2 atom stereocenters. The van der Waals surface area contributed by atoms with Crippen LogP contribution in [0.5, 0.6) is 17.2 Å². The smallest absolute Gasteiger partial charge is 0.234 e. The summed E-state index contributed by atoms with van der Waals surface area (Å²) in [6.07, 6.45) is 3.90. The summed E-state index contributed by atoms with van der Waals surface area (Å²) in [5, 5.41) is 0. The summed E-state index contributed by atoms with van der Waals surface area (Å²) in [4.78, 5) is 13.9. The molecular formula is C21H24N2O3. The molecule has 1 fully saturated rings. The molecule has 2 heterocycles. The number of piperidine rings is 1. The van der Waals surface area contributed by atoms with E-state index in [1.165, 1.54) is 0 Å². The van der Waals surface area contributed by atoms with Crippen molar-refractivity contribution in [3.63, 3.8) is 0 Å². The van der Waals surface area contributed by atoms with E-state index in [1.807, 2.05) is 48.5 Å². The third-order valence-corrected chi connectivity index (χ3v) is 5.13. The van der Waals surface area contributed by atoms with E-state index in [4.69, 9.17) is 15.2 Å². The van der Waals surface area contributed by atoms with Gasteiger partial charge in [-0.3, -0.25) is 9.69 Å². The van der Waals surface area contributed by atoms with E-state index in [1.54, 1.807) is 0 Å². The predicted molar refractivity (Wildman–Crippen MR) is 99.5 cm³/mol. The van der Waals surface area contributed by atoms with E-state index in [0.29, 0.717) is 0 Å². The average molecular weight is 352 g/mol. The van der Waals surface area contributed by atoms with Crippen LogP contribution in [0, 0.1) is 0 Å². The molecule has 0 aromatic heterocycles. The lowest BCUT2D eigenvalue weighted by atomic mass is 10.0. The highest BCUT2D eigenvalue weighted by Gasteiger charge is 2.32. The van der Waals surface area contributed by atoms with Crippen molar-refractivity contribution in [2.75, 3.05) is 13.1 Å². The Morgan fingerprint density at radius 2 is 2.00 bits per heavy atom. The topological polar surface area (TPSA) is 64.8 Å². The molecule has 2 unspecified atom stereocenters. The van der Waals surface area contributed by atoms with E-state index in [2.05, 4.69) is 4.90 Å². The number of hydrogen-bond donors (Lipinski definition) is 1. The molecule has 0 bridgehead atoms. The highest BCUT2D eigenvalue weighted by atomic mass is 16.5. The first-order chi connectivity index (χ1) is 12.7. The van der Waals surface area contributed by atoms with E-state index in [0.717, 1.165) is 61.6 Å². The van der Waals surface area contributed by atoms with Crippen LogP contribution in [0.1, 0.15) is 24.8 Å². The number of nitrogens with two attached hydrogens (primary N) is 1. The number of carbonyl (C=O) groups excluding carboxylic acids is 1. The molecule has 1 saturated heterocycles. The number of hydrogen-bond acceptors (Lipinski definition) is 4. The summed E-state index contributed by atoms with van der Waals surface area (Å²) in [5.74, 6) is 2.31. The van der Waals surface area contributed by atoms with Crippen LogP contribution in [0.15, 0.2) is 48.5 Å². The van der Waals surface area contributed by atoms with Gasteiger partial charge in [-0.1, -0.05) is 24.6 Å².